The topological polar surface area (TPSA) is 71.2 Å². The van der Waals surface area contributed by atoms with E-state index in [0.717, 1.165) is 0 Å². The Morgan fingerprint density at radius 2 is 1.89 bits per heavy atom. The average molecular weight is 265 g/mol. The van der Waals surface area contributed by atoms with Crippen LogP contribution in [0, 0.1) is 0 Å². The summed E-state index contributed by atoms with van der Waals surface area (Å²) in [6.07, 6.45) is 2.82. The second-order valence-electron chi connectivity index (χ2n) is 3.93. The van der Waals surface area contributed by atoms with Gasteiger partial charge in [0.2, 0.25) is 0 Å². The van der Waals surface area contributed by atoms with Crippen molar-refractivity contribution in [2.45, 2.75) is 11.4 Å². The summed E-state index contributed by atoms with van der Waals surface area (Å²) in [4.78, 5) is 11.8. The molecule has 1 saturated heterocycles. The van der Waals surface area contributed by atoms with Gasteiger partial charge in [0.05, 0.1) is 0 Å². The third-order valence-electron chi connectivity index (χ3n) is 2.91. The van der Waals surface area contributed by atoms with E-state index in [2.05, 4.69) is 10.2 Å². The lowest BCUT2D eigenvalue weighted by atomic mass is 9.94. The van der Waals surface area contributed by atoms with Gasteiger partial charge in [0.1, 0.15) is 29.8 Å². The van der Waals surface area contributed by atoms with Crippen LogP contribution in [0.4, 0.5) is 0 Å². The zero-order valence-corrected chi connectivity index (χ0v) is 9.90. The number of alkyl halides is 1. The van der Waals surface area contributed by atoms with Crippen LogP contribution in [-0.2, 0) is 4.79 Å². The van der Waals surface area contributed by atoms with Gasteiger partial charge in [-0.25, -0.2) is 9.69 Å². The zero-order valence-electron chi connectivity index (χ0n) is 9.14. The van der Waals surface area contributed by atoms with Gasteiger partial charge >= 0.3 is 0 Å². The van der Waals surface area contributed by atoms with E-state index < -0.39 is 11.4 Å². The Balaban J connectivity index is 2.01. The van der Waals surface area contributed by atoms with Crippen molar-refractivity contribution < 1.29 is 9.90 Å². The van der Waals surface area contributed by atoms with E-state index in [1.165, 1.54) is 22.3 Å². The van der Waals surface area contributed by atoms with Crippen LogP contribution in [0.2, 0.25) is 0 Å². The molecular weight excluding hydrogens is 256 g/mol. The summed E-state index contributed by atoms with van der Waals surface area (Å²) < 4.78 is 1.46. The Morgan fingerprint density at radius 3 is 2.56 bits per heavy atom. The number of carbonyl (C=O) groups excluding carboxylic acids is 1. The quantitative estimate of drug-likeness (QED) is 0.644. The molecule has 0 saturated carbocycles. The standard InChI is InChI=1S/C11H9ClN4O2/c12-9-10(7-3-1-2-4-8(7)17)16(11(9)18)15-5-13-14-6-15/h1-6,9-10,17H. The van der Waals surface area contributed by atoms with Crippen LogP contribution in [0.25, 0.3) is 0 Å². The first-order valence-electron chi connectivity index (χ1n) is 5.30. The Labute approximate surface area is 107 Å². The molecule has 2 heterocycles. The van der Waals surface area contributed by atoms with Crippen molar-refractivity contribution in [3.63, 3.8) is 0 Å². The Morgan fingerprint density at radius 1 is 1.22 bits per heavy atom. The number of hydrogen-bond donors (Lipinski definition) is 1. The zero-order chi connectivity index (χ0) is 12.7. The molecule has 7 heteroatoms. The third kappa shape index (κ3) is 1.46. The first kappa shape index (κ1) is 11.0. The summed E-state index contributed by atoms with van der Waals surface area (Å²) in [6, 6.07) is 6.37. The maximum atomic E-state index is 11.8. The second kappa shape index (κ2) is 3.99. The molecule has 1 aromatic heterocycles. The molecule has 1 fully saturated rings. The predicted octanol–water partition coefficient (Wildman–Crippen LogP) is 0.811. The van der Waals surface area contributed by atoms with E-state index in [4.69, 9.17) is 11.6 Å². The van der Waals surface area contributed by atoms with E-state index >= 15 is 0 Å². The number of halogens is 1. The molecule has 0 bridgehead atoms. The normalized spacial score (nSPS) is 22.9. The molecule has 92 valence electrons. The fraction of sp³-hybridized carbons (Fsp3) is 0.182. The van der Waals surface area contributed by atoms with Gasteiger partial charge in [0.25, 0.3) is 5.91 Å². The highest BCUT2D eigenvalue weighted by Crippen LogP contribution is 2.40. The lowest BCUT2D eigenvalue weighted by Crippen LogP contribution is -2.61. The van der Waals surface area contributed by atoms with Crippen molar-refractivity contribution in [2.24, 2.45) is 0 Å². The highest BCUT2D eigenvalue weighted by Gasteiger charge is 2.49. The van der Waals surface area contributed by atoms with Crippen LogP contribution in [0.5, 0.6) is 5.75 Å². The molecule has 1 N–H and O–H groups in total. The smallest absolute Gasteiger partial charge is 0.262 e. The van der Waals surface area contributed by atoms with Crippen molar-refractivity contribution in [1.29, 1.82) is 0 Å². The summed E-state index contributed by atoms with van der Waals surface area (Å²) in [5.41, 5.74) is 0.603. The molecule has 18 heavy (non-hydrogen) atoms. The Kier molecular flexibility index (Phi) is 2.45. The van der Waals surface area contributed by atoms with Crippen LogP contribution < -0.4 is 5.01 Å². The van der Waals surface area contributed by atoms with E-state index in [0.29, 0.717) is 5.56 Å². The average Bonchev–Trinajstić information content (AvgIpc) is 2.89. The molecule has 1 aliphatic rings. The molecular formula is C11H9ClN4O2. The number of phenolic OH excluding ortho intramolecular Hbond substituents is 1. The molecule has 1 amide bonds. The SMILES string of the molecule is O=C1C(Cl)C(c2ccccc2O)N1n1cnnc1. The van der Waals surface area contributed by atoms with Crippen LogP contribution in [0.3, 0.4) is 0 Å². The van der Waals surface area contributed by atoms with Gasteiger partial charge in [-0.1, -0.05) is 18.2 Å². The number of benzene rings is 1. The molecule has 0 radical (unpaired) electrons. The van der Waals surface area contributed by atoms with Crippen LogP contribution in [0.15, 0.2) is 36.9 Å². The number of phenols is 1. The minimum Gasteiger partial charge on any atom is -0.508 e. The van der Waals surface area contributed by atoms with Crippen molar-refractivity contribution in [3.8, 4) is 5.75 Å². The van der Waals surface area contributed by atoms with Gasteiger partial charge < -0.3 is 5.11 Å². The van der Waals surface area contributed by atoms with E-state index in [1.807, 2.05) is 0 Å². The Bertz CT molecular complexity index is 586. The molecule has 1 aliphatic heterocycles. The fourth-order valence-corrected chi connectivity index (χ4v) is 2.37. The number of para-hydroxylation sites is 1. The minimum absolute atomic E-state index is 0.110. The van der Waals surface area contributed by atoms with Gasteiger partial charge in [-0.05, 0) is 6.07 Å². The number of rotatable bonds is 2. The van der Waals surface area contributed by atoms with Crippen LogP contribution in [-0.4, -0.2) is 31.3 Å². The summed E-state index contributed by atoms with van der Waals surface area (Å²) in [7, 11) is 0. The molecule has 6 nitrogen and oxygen atoms in total. The third-order valence-corrected chi connectivity index (χ3v) is 3.34. The minimum atomic E-state index is -0.694. The number of nitrogens with zero attached hydrogens (tertiary/aromatic N) is 4. The van der Waals surface area contributed by atoms with Gasteiger partial charge in [-0.2, -0.15) is 0 Å². The Hall–Kier alpha value is -2.08. The first-order chi connectivity index (χ1) is 8.70. The number of aromatic hydroxyl groups is 1. The molecule has 0 spiro atoms. The highest BCUT2D eigenvalue weighted by molar-refractivity contribution is 6.36. The van der Waals surface area contributed by atoms with E-state index in [9.17, 15) is 9.90 Å². The van der Waals surface area contributed by atoms with Gasteiger partial charge in [-0.15, -0.1) is 21.8 Å². The lowest BCUT2D eigenvalue weighted by Gasteiger charge is -2.43. The van der Waals surface area contributed by atoms with Crippen LogP contribution in [0.1, 0.15) is 11.6 Å². The molecule has 3 rings (SSSR count). The van der Waals surface area contributed by atoms with E-state index in [-0.39, 0.29) is 11.7 Å². The monoisotopic (exact) mass is 264 g/mol. The van der Waals surface area contributed by atoms with E-state index in [1.54, 1.807) is 24.3 Å². The largest absolute Gasteiger partial charge is 0.508 e. The molecule has 0 aliphatic carbocycles. The molecule has 2 aromatic rings. The number of aromatic nitrogens is 3. The second-order valence-corrected chi connectivity index (χ2v) is 4.40. The predicted molar refractivity (Wildman–Crippen MR) is 63.7 cm³/mol. The van der Waals surface area contributed by atoms with Gasteiger partial charge in [0.15, 0.2) is 0 Å². The fourth-order valence-electron chi connectivity index (χ4n) is 2.03. The number of β-lactam (4-membered cyclic amide) rings is 1. The summed E-state index contributed by atoms with van der Waals surface area (Å²) in [6.45, 7) is 0. The molecule has 2 unspecified atom stereocenters. The number of carbonyl (C=O) groups is 1. The van der Waals surface area contributed by atoms with Crippen molar-refractivity contribution in [2.75, 3.05) is 5.01 Å². The maximum absolute atomic E-state index is 11.8. The lowest BCUT2D eigenvalue weighted by molar-refractivity contribution is -0.126. The highest BCUT2D eigenvalue weighted by atomic mass is 35.5. The summed E-state index contributed by atoms with van der Waals surface area (Å²) in [5, 5.41) is 17.8. The van der Waals surface area contributed by atoms with Gasteiger partial charge in [0, 0.05) is 5.56 Å². The molecule has 1 aromatic carbocycles. The van der Waals surface area contributed by atoms with Crippen molar-refractivity contribution in [3.05, 3.63) is 42.5 Å². The number of amides is 1. The van der Waals surface area contributed by atoms with Gasteiger partial charge in [-0.3, -0.25) is 4.79 Å². The first-order valence-corrected chi connectivity index (χ1v) is 5.74. The summed E-state index contributed by atoms with van der Waals surface area (Å²) in [5.74, 6) is -0.136. The summed E-state index contributed by atoms with van der Waals surface area (Å²) >= 11 is 6.03. The van der Waals surface area contributed by atoms with Crippen molar-refractivity contribution in [1.82, 2.24) is 14.9 Å². The van der Waals surface area contributed by atoms with Crippen molar-refractivity contribution >= 4 is 17.5 Å². The molecule has 2 atom stereocenters. The maximum Gasteiger partial charge on any atom is 0.262 e. The van der Waals surface area contributed by atoms with Crippen LogP contribution >= 0.6 is 11.6 Å². The number of hydrogen-bond acceptors (Lipinski definition) is 4.